The van der Waals surface area contributed by atoms with E-state index >= 15 is 0 Å². The van der Waals surface area contributed by atoms with Crippen LogP contribution in [0.25, 0.3) is 11.0 Å². The van der Waals surface area contributed by atoms with Crippen molar-refractivity contribution in [2.45, 2.75) is 19.0 Å². The third kappa shape index (κ3) is 4.64. The molecule has 1 aliphatic rings. The van der Waals surface area contributed by atoms with Crippen LogP contribution in [0.2, 0.25) is 0 Å². The minimum absolute atomic E-state index is 0.368. The average Bonchev–Trinajstić information content (AvgIpc) is 3.40. The maximum Gasteiger partial charge on any atom is 0.222 e. The van der Waals surface area contributed by atoms with E-state index in [-0.39, 0.29) is 0 Å². The second-order valence-electron chi connectivity index (χ2n) is 7.76. The first kappa shape index (κ1) is 19.4. The van der Waals surface area contributed by atoms with E-state index in [9.17, 15) is 0 Å². The summed E-state index contributed by atoms with van der Waals surface area (Å²) in [4.78, 5) is 20.3. The first-order valence-corrected chi connectivity index (χ1v) is 10.7. The van der Waals surface area contributed by atoms with Gasteiger partial charge in [0.1, 0.15) is 0 Å². The summed E-state index contributed by atoms with van der Waals surface area (Å²) < 4.78 is 2.23. The Morgan fingerprint density at radius 2 is 1.77 bits per heavy atom. The van der Waals surface area contributed by atoms with E-state index in [0.29, 0.717) is 18.5 Å². The van der Waals surface area contributed by atoms with Crippen molar-refractivity contribution in [1.82, 2.24) is 29.4 Å². The number of hydrogen-bond donors (Lipinski definition) is 2. The van der Waals surface area contributed by atoms with Crippen LogP contribution in [0.5, 0.6) is 0 Å². The second kappa shape index (κ2) is 9.09. The molecule has 3 aromatic heterocycles. The zero-order chi connectivity index (χ0) is 20.9. The standard InChI is InChI=1S/C23H26N8/c1-2-8-21-20(7-1)29-23(31(21)17-18-6-3-4-10-24-18)28-19-9-14-30(16-19)15-13-27-22-25-11-5-12-26-22/h1-8,10-12,19H,9,13-17H2,(H,28,29)(H,25,26,27). The summed E-state index contributed by atoms with van der Waals surface area (Å²) in [6.07, 6.45) is 6.43. The molecule has 4 heterocycles. The number of rotatable bonds is 8. The highest BCUT2D eigenvalue weighted by atomic mass is 15.3. The van der Waals surface area contributed by atoms with Crippen molar-refractivity contribution in [3.05, 3.63) is 72.8 Å². The highest BCUT2D eigenvalue weighted by molar-refractivity contribution is 5.78. The van der Waals surface area contributed by atoms with Gasteiger partial charge in [-0.1, -0.05) is 18.2 Å². The molecule has 1 unspecified atom stereocenters. The molecule has 0 saturated carbocycles. The van der Waals surface area contributed by atoms with Crippen molar-refractivity contribution < 1.29 is 0 Å². The number of fused-ring (bicyclic) bond motifs is 1. The van der Waals surface area contributed by atoms with Crippen LogP contribution in [0, 0.1) is 0 Å². The largest absolute Gasteiger partial charge is 0.353 e. The first-order valence-electron chi connectivity index (χ1n) is 10.7. The average molecular weight is 415 g/mol. The molecule has 0 spiro atoms. The van der Waals surface area contributed by atoms with Crippen LogP contribution in [0.15, 0.2) is 67.1 Å². The van der Waals surface area contributed by atoms with Gasteiger partial charge in [0, 0.05) is 50.8 Å². The molecule has 31 heavy (non-hydrogen) atoms. The predicted octanol–water partition coefficient (Wildman–Crippen LogP) is 2.87. The number of anilines is 2. The van der Waals surface area contributed by atoms with E-state index < -0.39 is 0 Å². The molecule has 4 aromatic rings. The smallest absolute Gasteiger partial charge is 0.222 e. The van der Waals surface area contributed by atoms with Crippen molar-refractivity contribution in [2.75, 3.05) is 36.8 Å². The molecule has 0 radical (unpaired) electrons. The Morgan fingerprint density at radius 1 is 0.935 bits per heavy atom. The number of para-hydroxylation sites is 2. The molecule has 8 heteroatoms. The molecule has 1 atom stereocenters. The molecule has 1 aliphatic heterocycles. The van der Waals surface area contributed by atoms with Crippen molar-refractivity contribution >= 4 is 22.9 Å². The van der Waals surface area contributed by atoms with Crippen LogP contribution in [-0.2, 0) is 6.54 Å². The van der Waals surface area contributed by atoms with Gasteiger partial charge in [-0.15, -0.1) is 0 Å². The Labute approximate surface area is 181 Å². The van der Waals surface area contributed by atoms with Crippen LogP contribution in [0.1, 0.15) is 12.1 Å². The summed E-state index contributed by atoms with van der Waals surface area (Å²) in [6, 6.07) is 16.5. The molecule has 1 fully saturated rings. The minimum Gasteiger partial charge on any atom is -0.353 e. The van der Waals surface area contributed by atoms with Crippen LogP contribution >= 0.6 is 0 Å². The van der Waals surface area contributed by atoms with Gasteiger partial charge in [-0.3, -0.25) is 9.88 Å². The summed E-state index contributed by atoms with van der Waals surface area (Å²) in [5.41, 5.74) is 3.15. The Hall–Kier alpha value is -3.52. The number of likely N-dealkylation sites (tertiary alicyclic amines) is 1. The summed E-state index contributed by atoms with van der Waals surface area (Å²) >= 11 is 0. The van der Waals surface area contributed by atoms with Gasteiger partial charge >= 0.3 is 0 Å². The van der Waals surface area contributed by atoms with Crippen molar-refractivity contribution in [3.63, 3.8) is 0 Å². The molecule has 0 bridgehead atoms. The van der Waals surface area contributed by atoms with E-state index in [2.05, 4.69) is 59.3 Å². The van der Waals surface area contributed by atoms with Gasteiger partial charge in [0.25, 0.3) is 0 Å². The molecular weight excluding hydrogens is 388 g/mol. The summed E-state index contributed by atoms with van der Waals surface area (Å²) in [6.45, 7) is 4.54. The minimum atomic E-state index is 0.368. The van der Waals surface area contributed by atoms with E-state index in [4.69, 9.17) is 4.98 Å². The number of nitrogens with one attached hydrogen (secondary N) is 2. The number of benzene rings is 1. The van der Waals surface area contributed by atoms with Gasteiger partial charge in [0.15, 0.2) is 0 Å². The van der Waals surface area contributed by atoms with E-state index in [1.54, 1.807) is 12.4 Å². The topological polar surface area (TPSA) is 83.8 Å². The Bertz CT molecular complexity index is 1110. The lowest BCUT2D eigenvalue weighted by Gasteiger charge is -2.18. The monoisotopic (exact) mass is 414 g/mol. The van der Waals surface area contributed by atoms with Gasteiger partial charge in [-0.2, -0.15) is 0 Å². The number of hydrogen-bond acceptors (Lipinski definition) is 7. The lowest BCUT2D eigenvalue weighted by molar-refractivity contribution is 0.349. The SMILES string of the molecule is c1ccc(Cn2c(NC3CCN(CCNc4ncccn4)C3)nc3ccccc32)nc1. The van der Waals surface area contributed by atoms with Gasteiger partial charge in [0.2, 0.25) is 11.9 Å². The highest BCUT2D eigenvalue weighted by Gasteiger charge is 2.24. The Balaban J connectivity index is 1.24. The van der Waals surface area contributed by atoms with Crippen LogP contribution in [-0.4, -0.2) is 61.6 Å². The summed E-state index contributed by atoms with van der Waals surface area (Å²) in [7, 11) is 0. The Morgan fingerprint density at radius 3 is 2.65 bits per heavy atom. The number of aromatic nitrogens is 5. The summed E-state index contributed by atoms with van der Waals surface area (Å²) in [5, 5.41) is 6.98. The summed E-state index contributed by atoms with van der Waals surface area (Å²) in [5.74, 6) is 1.59. The molecule has 0 aliphatic carbocycles. The van der Waals surface area contributed by atoms with Gasteiger partial charge in [-0.25, -0.2) is 15.0 Å². The molecule has 5 rings (SSSR count). The fraction of sp³-hybridized carbons (Fsp3) is 0.304. The number of nitrogens with zero attached hydrogens (tertiary/aromatic N) is 6. The first-order chi connectivity index (χ1) is 15.3. The quantitative estimate of drug-likeness (QED) is 0.459. The van der Waals surface area contributed by atoms with E-state index in [1.165, 1.54) is 0 Å². The van der Waals surface area contributed by atoms with Crippen molar-refractivity contribution in [1.29, 1.82) is 0 Å². The number of imidazole rings is 1. The lowest BCUT2D eigenvalue weighted by Crippen LogP contribution is -2.30. The number of pyridine rings is 1. The fourth-order valence-corrected chi connectivity index (χ4v) is 4.05. The molecule has 1 aromatic carbocycles. The fourth-order valence-electron chi connectivity index (χ4n) is 4.05. The third-order valence-corrected chi connectivity index (χ3v) is 5.58. The van der Waals surface area contributed by atoms with Gasteiger partial charge in [-0.05, 0) is 36.8 Å². The maximum atomic E-state index is 4.88. The molecule has 0 amide bonds. The molecule has 158 valence electrons. The highest BCUT2D eigenvalue weighted by Crippen LogP contribution is 2.23. The van der Waals surface area contributed by atoms with E-state index in [0.717, 1.165) is 55.3 Å². The molecule has 1 saturated heterocycles. The zero-order valence-corrected chi connectivity index (χ0v) is 17.4. The molecular formula is C23H26N8. The maximum absolute atomic E-state index is 4.88. The predicted molar refractivity (Wildman–Crippen MR) is 122 cm³/mol. The van der Waals surface area contributed by atoms with Crippen LogP contribution < -0.4 is 10.6 Å². The second-order valence-corrected chi connectivity index (χ2v) is 7.76. The van der Waals surface area contributed by atoms with Gasteiger partial charge in [0.05, 0.1) is 23.3 Å². The van der Waals surface area contributed by atoms with Crippen molar-refractivity contribution in [2.24, 2.45) is 0 Å². The van der Waals surface area contributed by atoms with Crippen LogP contribution in [0.3, 0.4) is 0 Å². The normalized spacial score (nSPS) is 16.6. The molecule has 8 nitrogen and oxygen atoms in total. The molecule has 2 N–H and O–H groups in total. The van der Waals surface area contributed by atoms with Crippen molar-refractivity contribution in [3.8, 4) is 0 Å². The zero-order valence-electron chi connectivity index (χ0n) is 17.4. The lowest BCUT2D eigenvalue weighted by atomic mass is 10.3. The van der Waals surface area contributed by atoms with Crippen LogP contribution in [0.4, 0.5) is 11.9 Å². The Kier molecular flexibility index (Phi) is 5.70. The third-order valence-electron chi connectivity index (χ3n) is 5.58. The van der Waals surface area contributed by atoms with E-state index in [1.807, 2.05) is 30.5 Å². The van der Waals surface area contributed by atoms with Gasteiger partial charge < -0.3 is 15.2 Å².